The van der Waals surface area contributed by atoms with E-state index in [0.29, 0.717) is 6.42 Å². The monoisotopic (exact) mass is 212 g/mol. The highest BCUT2D eigenvalue weighted by molar-refractivity contribution is 5.90. The number of aromatic nitrogens is 3. The Morgan fingerprint density at radius 2 is 2.20 bits per heavy atom. The Morgan fingerprint density at radius 1 is 1.47 bits per heavy atom. The summed E-state index contributed by atoms with van der Waals surface area (Å²) in [7, 11) is 0. The molecule has 0 radical (unpaired) electrons. The summed E-state index contributed by atoms with van der Waals surface area (Å²) in [5, 5.41) is 8.42. The molecule has 2 N–H and O–H groups in total. The van der Waals surface area contributed by atoms with E-state index in [4.69, 9.17) is 0 Å². The maximum absolute atomic E-state index is 11.1. The number of nitrogens with zero attached hydrogens (tertiary/aromatic N) is 2. The molecular formula is C8H12N4O3. The van der Waals surface area contributed by atoms with Crippen LogP contribution in [0.5, 0.6) is 0 Å². The van der Waals surface area contributed by atoms with Gasteiger partial charge in [-0.2, -0.15) is 4.98 Å². The van der Waals surface area contributed by atoms with Crippen LogP contribution in [0.3, 0.4) is 0 Å². The number of aromatic amines is 1. The maximum Gasteiger partial charge on any atom is 0.375 e. The van der Waals surface area contributed by atoms with Crippen LogP contribution in [-0.2, 0) is 9.53 Å². The summed E-state index contributed by atoms with van der Waals surface area (Å²) in [6.07, 6.45) is 0.323. The van der Waals surface area contributed by atoms with Gasteiger partial charge in [0.2, 0.25) is 17.7 Å². The molecule has 0 saturated heterocycles. The van der Waals surface area contributed by atoms with E-state index in [9.17, 15) is 9.59 Å². The normalized spacial score (nSPS) is 9.73. The number of anilines is 1. The maximum atomic E-state index is 11.1. The van der Waals surface area contributed by atoms with E-state index in [1.807, 2.05) is 0 Å². The van der Waals surface area contributed by atoms with Crippen LogP contribution in [0.2, 0.25) is 0 Å². The van der Waals surface area contributed by atoms with Crippen molar-refractivity contribution in [3.05, 3.63) is 5.82 Å². The third-order valence-electron chi connectivity index (χ3n) is 1.53. The number of ether oxygens (including phenoxy) is 1. The SMILES string of the molecule is CCOC(=O)c1nc(NC(=O)CC)n[nH]1. The number of rotatable bonds is 4. The molecule has 0 unspecified atom stereocenters. The number of carbonyl (C=O) groups excluding carboxylic acids is 2. The summed E-state index contributed by atoms with van der Waals surface area (Å²) < 4.78 is 4.69. The van der Waals surface area contributed by atoms with Crippen molar-refractivity contribution >= 4 is 17.8 Å². The molecular weight excluding hydrogens is 200 g/mol. The molecule has 0 aromatic carbocycles. The van der Waals surface area contributed by atoms with E-state index in [-0.39, 0.29) is 24.3 Å². The van der Waals surface area contributed by atoms with Gasteiger partial charge in [0.1, 0.15) is 0 Å². The van der Waals surface area contributed by atoms with Gasteiger partial charge in [-0.3, -0.25) is 15.2 Å². The minimum absolute atomic E-state index is 0.0248. The predicted octanol–water partition coefficient (Wildman–Crippen LogP) is 0.330. The fourth-order valence-corrected chi connectivity index (χ4v) is 0.822. The first-order valence-electron chi connectivity index (χ1n) is 4.56. The Bertz CT molecular complexity index is 361. The molecule has 0 aliphatic carbocycles. The smallest absolute Gasteiger partial charge is 0.375 e. The van der Waals surface area contributed by atoms with Crippen molar-refractivity contribution in [1.82, 2.24) is 15.2 Å². The van der Waals surface area contributed by atoms with Gasteiger partial charge < -0.3 is 4.74 Å². The Hall–Kier alpha value is -1.92. The van der Waals surface area contributed by atoms with Crippen molar-refractivity contribution < 1.29 is 14.3 Å². The van der Waals surface area contributed by atoms with Gasteiger partial charge in [0.25, 0.3) is 0 Å². The summed E-state index contributed by atoms with van der Waals surface area (Å²) in [6, 6.07) is 0. The van der Waals surface area contributed by atoms with Crippen LogP contribution in [0.15, 0.2) is 0 Å². The molecule has 1 amide bonds. The molecule has 0 aliphatic heterocycles. The number of esters is 1. The fraction of sp³-hybridized carbons (Fsp3) is 0.500. The number of nitrogens with one attached hydrogen (secondary N) is 2. The molecule has 1 rings (SSSR count). The number of hydrogen-bond donors (Lipinski definition) is 2. The minimum atomic E-state index is -0.595. The number of amides is 1. The summed E-state index contributed by atoms with van der Waals surface area (Å²) in [5.74, 6) is -0.764. The lowest BCUT2D eigenvalue weighted by Gasteiger charge is -1.96. The lowest BCUT2D eigenvalue weighted by molar-refractivity contribution is -0.115. The van der Waals surface area contributed by atoms with E-state index in [0.717, 1.165) is 0 Å². The number of H-pyrrole nitrogens is 1. The van der Waals surface area contributed by atoms with E-state index in [1.54, 1.807) is 13.8 Å². The standard InChI is InChI=1S/C8H12N4O3/c1-3-5(13)9-8-10-6(11-12-8)7(14)15-4-2/h3-4H2,1-2H3,(H2,9,10,11,12,13). The summed E-state index contributed by atoms with van der Waals surface area (Å²) in [4.78, 5) is 25.9. The van der Waals surface area contributed by atoms with E-state index >= 15 is 0 Å². The zero-order valence-electron chi connectivity index (χ0n) is 8.53. The summed E-state index contributed by atoms with van der Waals surface area (Å²) in [6.45, 7) is 3.65. The first-order valence-corrected chi connectivity index (χ1v) is 4.56. The first-order chi connectivity index (χ1) is 7.17. The van der Waals surface area contributed by atoms with Gasteiger partial charge in [0.15, 0.2) is 0 Å². The number of carbonyl (C=O) groups is 2. The average Bonchev–Trinajstić information content (AvgIpc) is 2.66. The molecule has 7 nitrogen and oxygen atoms in total. The average molecular weight is 212 g/mol. The van der Waals surface area contributed by atoms with Gasteiger partial charge in [-0.15, -0.1) is 5.10 Å². The number of hydrogen-bond acceptors (Lipinski definition) is 5. The van der Waals surface area contributed by atoms with E-state index in [1.165, 1.54) is 0 Å². The second-order valence-electron chi connectivity index (χ2n) is 2.63. The lowest BCUT2D eigenvalue weighted by atomic mass is 10.5. The van der Waals surface area contributed by atoms with Crippen LogP contribution in [-0.4, -0.2) is 33.7 Å². The van der Waals surface area contributed by atoms with Crippen LogP contribution in [0.1, 0.15) is 30.9 Å². The quantitative estimate of drug-likeness (QED) is 0.701. The van der Waals surface area contributed by atoms with Gasteiger partial charge in [-0.1, -0.05) is 6.92 Å². The molecule has 0 atom stereocenters. The zero-order valence-corrected chi connectivity index (χ0v) is 8.53. The molecule has 7 heteroatoms. The fourth-order valence-electron chi connectivity index (χ4n) is 0.822. The van der Waals surface area contributed by atoms with Gasteiger partial charge in [0.05, 0.1) is 6.61 Å². The van der Waals surface area contributed by atoms with Crippen LogP contribution >= 0.6 is 0 Å². The van der Waals surface area contributed by atoms with Gasteiger partial charge in [-0.05, 0) is 6.92 Å². The Labute approximate surface area is 86.2 Å². The van der Waals surface area contributed by atoms with Gasteiger partial charge in [-0.25, -0.2) is 4.79 Å². The Morgan fingerprint density at radius 3 is 2.80 bits per heavy atom. The second-order valence-corrected chi connectivity index (χ2v) is 2.63. The molecule has 0 fully saturated rings. The molecule has 1 aromatic rings. The van der Waals surface area contributed by atoms with Crippen LogP contribution < -0.4 is 5.32 Å². The molecule has 82 valence electrons. The van der Waals surface area contributed by atoms with Gasteiger partial charge >= 0.3 is 5.97 Å². The molecule has 1 aromatic heterocycles. The van der Waals surface area contributed by atoms with Crippen molar-refractivity contribution in [2.24, 2.45) is 0 Å². The van der Waals surface area contributed by atoms with Crippen LogP contribution in [0.4, 0.5) is 5.95 Å². The largest absolute Gasteiger partial charge is 0.460 e. The zero-order chi connectivity index (χ0) is 11.3. The second kappa shape index (κ2) is 5.08. The molecule has 0 saturated carbocycles. The van der Waals surface area contributed by atoms with Crippen molar-refractivity contribution in [2.75, 3.05) is 11.9 Å². The Balaban J connectivity index is 2.63. The molecule has 0 spiro atoms. The van der Waals surface area contributed by atoms with Crippen molar-refractivity contribution in [1.29, 1.82) is 0 Å². The van der Waals surface area contributed by atoms with Crippen LogP contribution in [0.25, 0.3) is 0 Å². The summed E-state index contributed by atoms with van der Waals surface area (Å²) >= 11 is 0. The predicted molar refractivity (Wildman–Crippen MR) is 51.3 cm³/mol. The van der Waals surface area contributed by atoms with E-state index in [2.05, 4.69) is 25.2 Å². The highest BCUT2D eigenvalue weighted by Crippen LogP contribution is 2.00. The highest BCUT2D eigenvalue weighted by atomic mass is 16.5. The molecule has 0 aliphatic rings. The summed E-state index contributed by atoms with van der Waals surface area (Å²) in [5.41, 5.74) is 0. The minimum Gasteiger partial charge on any atom is -0.460 e. The lowest BCUT2D eigenvalue weighted by Crippen LogP contribution is -2.11. The van der Waals surface area contributed by atoms with Crippen molar-refractivity contribution in [3.8, 4) is 0 Å². The third kappa shape index (κ3) is 3.04. The van der Waals surface area contributed by atoms with Gasteiger partial charge in [0, 0.05) is 6.42 Å². The van der Waals surface area contributed by atoms with E-state index < -0.39 is 5.97 Å². The molecule has 15 heavy (non-hydrogen) atoms. The Kier molecular flexibility index (Phi) is 3.78. The highest BCUT2D eigenvalue weighted by Gasteiger charge is 2.13. The van der Waals surface area contributed by atoms with Crippen molar-refractivity contribution in [2.45, 2.75) is 20.3 Å². The first kappa shape index (κ1) is 11.2. The van der Waals surface area contributed by atoms with Crippen molar-refractivity contribution in [3.63, 3.8) is 0 Å². The molecule has 0 bridgehead atoms. The topological polar surface area (TPSA) is 97.0 Å². The molecule has 1 heterocycles. The van der Waals surface area contributed by atoms with Crippen LogP contribution in [0, 0.1) is 0 Å². The third-order valence-corrected chi connectivity index (χ3v) is 1.53.